The summed E-state index contributed by atoms with van der Waals surface area (Å²) in [6, 6.07) is 4.05. The first kappa shape index (κ1) is 16.9. The van der Waals surface area contributed by atoms with E-state index in [-0.39, 0.29) is 29.6 Å². The number of rotatable bonds is 6. The van der Waals surface area contributed by atoms with Crippen molar-refractivity contribution in [2.75, 3.05) is 12.3 Å². The Balaban J connectivity index is 1.69. The summed E-state index contributed by atoms with van der Waals surface area (Å²) in [5.74, 6) is -0.645. The Hall–Kier alpha value is -2.50. The summed E-state index contributed by atoms with van der Waals surface area (Å²) in [6.07, 6.45) is -0.172. The Kier molecular flexibility index (Phi) is 4.34. The maximum atomic E-state index is 13.5. The number of nitrogens with zero attached hydrogens (tertiary/aromatic N) is 4. The topological polar surface area (TPSA) is 133 Å². The van der Waals surface area contributed by atoms with E-state index >= 15 is 0 Å². The normalized spacial score (nSPS) is 17.0. The number of hydrogen-bond donors (Lipinski definition) is 2. The van der Waals surface area contributed by atoms with E-state index in [1.54, 1.807) is 6.07 Å². The number of aromatic nitrogens is 4. The zero-order chi connectivity index (χ0) is 18.3. The van der Waals surface area contributed by atoms with Gasteiger partial charge in [0.15, 0.2) is 10.7 Å². The van der Waals surface area contributed by atoms with Crippen molar-refractivity contribution in [3.05, 3.63) is 45.7 Å². The maximum Gasteiger partial charge on any atom is 0.442 e. The first-order valence-electron chi connectivity index (χ1n) is 7.79. The summed E-state index contributed by atoms with van der Waals surface area (Å²) < 4.78 is 24.4. The van der Waals surface area contributed by atoms with Crippen molar-refractivity contribution < 1.29 is 18.6 Å². The first-order chi connectivity index (χ1) is 12.6. The molecular weight excluding hydrogens is 365 g/mol. The zero-order valence-corrected chi connectivity index (χ0v) is 14.1. The van der Waals surface area contributed by atoms with Gasteiger partial charge in [-0.05, 0) is 40.0 Å². The van der Waals surface area contributed by atoms with Gasteiger partial charge in [-0.2, -0.15) is 0 Å². The quantitative estimate of drug-likeness (QED) is 0.590. The summed E-state index contributed by atoms with van der Waals surface area (Å²) in [4.78, 5) is 12.2. The minimum Gasteiger partial charge on any atom is -0.391 e. The molecule has 0 saturated heterocycles. The molecule has 26 heavy (non-hydrogen) atoms. The molecule has 0 bridgehead atoms. The van der Waals surface area contributed by atoms with Gasteiger partial charge >= 0.3 is 5.76 Å². The highest BCUT2D eigenvalue weighted by molar-refractivity contribution is 7.99. The van der Waals surface area contributed by atoms with Crippen molar-refractivity contribution in [3.63, 3.8) is 0 Å². The second-order valence-corrected chi connectivity index (χ2v) is 6.83. The standard InChI is InChI=1S/C15H14FN5O4S/c16-8-2-1-7-3-11(10(7)4-8)21-13(19-24-15(21)23)12-14(20-25-18-12)26-6-9(22)5-17/h1-2,4,9,11,22H,3,5-6,17H2. The fourth-order valence-electron chi connectivity index (χ4n) is 2.82. The van der Waals surface area contributed by atoms with Crippen LogP contribution < -0.4 is 11.5 Å². The number of aliphatic hydroxyl groups excluding tert-OH is 1. The van der Waals surface area contributed by atoms with Crippen LogP contribution in [-0.2, 0) is 6.42 Å². The van der Waals surface area contributed by atoms with Crippen LogP contribution >= 0.6 is 11.8 Å². The lowest BCUT2D eigenvalue weighted by Crippen LogP contribution is -2.31. The Morgan fingerprint density at radius 2 is 2.27 bits per heavy atom. The second kappa shape index (κ2) is 6.67. The Bertz CT molecular complexity index is 1000. The highest BCUT2D eigenvalue weighted by Gasteiger charge is 2.34. The number of thioether (sulfide) groups is 1. The van der Waals surface area contributed by atoms with Crippen molar-refractivity contribution in [1.29, 1.82) is 0 Å². The van der Waals surface area contributed by atoms with E-state index in [1.807, 2.05) is 0 Å². The number of halogens is 1. The van der Waals surface area contributed by atoms with E-state index in [0.29, 0.717) is 17.0 Å². The van der Waals surface area contributed by atoms with Crippen LogP contribution in [0, 0.1) is 5.82 Å². The third-order valence-electron chi connectivity index (χ3n) is 4.18. The smallest absolute Gasteiger partial charge is 0.391 e. The maximum absolute atomic E-state index is 13.5. The van der Waals surface area contributed by atoms with Crippen molar-refractivity contribution in [2.24, 2.45) is 5.73 Å². The lowest BCUT2D eigenvalue weighted by molar-refractivity contribution is 0.208. The van der Waals surface area contributed by atoms with E-state index < -0.39 is 17.9 Å². The molecule has 0 saturated carbocycles. The lowest BCUT2D eigenvalue weighted by Gasteiger charge is -2.30. The number of fused-ring (bicyclic) bond motifs is 1. The van der Waals surface area contributed by atoms with Crippen molar-refractivity contribution >= 4 is 11.8 Å². The van der Waals surface area contributed by atoms with Crippen LogP contribution in [0.1, 0.15) is 17.2 Å². The van der Waals surface area contributed by atoms with Crippen molar-refractivity contribution in [2.45, 2.75) is 23.6 Å². The van der Waals surface area contributed by atoms with Crippen LogP contribution in [0.2, 0.25) is 0 Å². The molecule has 9 nitrogen and oxygen atoms in total. The summed E-state index contributed by atoms with van der Waals surface area (Å²) in [7, 11) is 0. The third-order valence-corrected chi connectivity index (χ3v) is 5.27. The Morgan fingerprint density at radius 3 is 3.08 bits per heavy atom. The fraction of sp³-hybridized carbons (Fsp3) is 0.333. The number of benzene rings is 1. The molecule has 0 fully saturated rings. The van der Waals surface area contributed by atoms with Crippen molar-refractivity contribution in [1.82, 2.24) is 20.0 Å². The Morgan fingerprint density at radius 1 is 1.42 bits per heavy atom. The average molecular weight is 379 g/mol. The predicted octanol–water partition coefficient (Wildman–Crippen LogP) is 0.583. The predicted molar refractivity (Wildman–Crippen MR) is 88.1 cm³/mol. The SMILES string of the molecule is NCC(O)CSc1nonc1-c1noc(=O)n1C1Cc2ccc(F)cc21. The molecule has 0 radical (unpaired) electrons. The largest absolute Gasteiger partial charge is 0.442 e. The van der Waals surface area contributed by atoms with Crippen molar-refractivity contribution in [3.8, 4) is 11.5 Å². The minimum absolute atomic E-state index is 0.104. The molecule has 0 spiro atoms. The monoisotopic (exact) mass is 379 g/mol. The average Bonchev–Trinajstić information content (AvgIpc) is 3.22. The van der Waals surface area contributed by atoms with Gasteiger partial charge in [-0.3, -0.25) is 4.52 Å². The molecule has 1 aromatic carbocycles. The van der Waals surface area contributed by atoms with Crippen LogP contribution in [0.4, 0.5) is 4.39 Å². The number of nitrogens with two attached hydrogens (primary N) is 1. The number of hydrogen-bond acceptors (Lipinski definition) is 9. The molecular formula is C15H14FN5O4S. The van der Waals surface area contributed by atoms with E-state index in [4.69, 9.17) is 14.9 Å². The molecule has 1 aliphatic rings. The van der Waals surface area contributed by atoms with Crippen LogP contribution in [0.15, 0.2) is 37.2 Å². The van der Waals surface area contributed by atoms with Gasteiger partial charge in [0.25, 0.3) is 0 Å². The highest BCUT2D eigenvalue weighted by atomic mass is 32.2. The van der Waals surface area contributed by atoms with Crippen LogP contribution in [-0.4, -0.2) is 43.5 Å². The fourth-order valence-corrected chi connectivity index (χ4v) is 3.66. The van der Waals surface area contributed by atoms with Gasteiger partial charge in [-0.1, -0.05) is 23.0 Å². The molecule has 0 amide bonds. The van der Waals surface area contributed by atoms with Gasteiger partial charge in [0.05, 0.1) is 12.1 Å². The van der Waals surface area contributed by atoms with Gasteiger partial charge < -0.3 is 10.8 Å². The van der Waals surface area contributed by atoms with Gasteiger partial charge in [0, 0.05) is 12.3 Å². The van der Waals surface area contributed by atoms with E-state index in [0.717, 1.165) is 5.56 Å². The van der Waals surface area contributed by atoms with E-state index in [1.165, 1.54) is 28.5 Å². The summed E-state index contributed by atoms with van der Waals surface area (Å²) >= 11 is 1.17. The first-order valence-corrected chi connectivity index (χ1v) is 8.77. The lowest BCUT2D eigenvalue weighted by atomic mass is 9.83. The van der Waals surface area contributed by atoms with Crippen LogP contribution in [0.3, 0.4) is 0 Å². The molecule has 0 aliphatic heterocycles. The molecule has 11 heteroatoms. The summed E-state index contributed by atoms with van der Waals surface area (Å²) in [6.45, 7) is 0.104. The van der Waals surface area contributed by atoms with Gasteiger partial charge in [0.1, 0.15) is 5.82 Å². The molecule has 136 valence electrons. The van der Waals surface area contributed by atoms with Crippen LogP contribution in [0.25, 0.3) is 11.5 Å². The van der Waals surface area contributed by atoms with Gasteiger partial charge in [-0.15, -0.1) is 0 Å². The summed E-state index contributed by atoms with van der Waals surface area (Å²) in [5, 5.41) is 21.3. The second-order valence-electron chi connectivity index (χ2n) is 5.82. The van der Waals surface area contributed by atoms with E-state index in [9.17, 15) is 14.3 Å². The van der Waals surface area contributed by atoms with Crippen LogP contribution in [0.5, 0.6) is 0 Å². The van der Waals surface area contributed by atoms with E-state index in [2.05, 4.69) is 15.5 Å². The van der Waals surface area contributed by atoms with Gasteiger partial charge in [0.2, 0.25) is 5.82 Å². The Labute approximate surface area is 149 Å². The zero-order valence-electron chi connectivity index (χ0n) is 13.3. The minimum atomic E-state index is -0.717. The highest BCUT2D eigenvalue weighted by Crippen LogP contribution is 2.38. The molecule has 1 aliphatic carbocycles. The third kappa shape index (κ3) is 2.83. The molecule has 3 N–H and O–H groups in total. The summed E-state index contributed by atoms with van der Waals surface area (Å²) in [5.41, 5.74) is 7.25. The molecule has 2 unspecified atom stereocenters. The molecule has 4 rings (SSSR count). The molecule has 3 aromatic rings. The molecule has 2 heterocycles. The number of aliphatic hydroxyl groups is 1. The molecule has 2 atom stereocenters. The van der Waals surface area contributed by atoms with Gasteiger partial charge in [-0.25, -0.2) is 18.4 Å². The molecule has 2 aromatic heterocycles.